The van der Waals surface area contributed by atoms with Gasteiger partial charge in [0.15, 0.2) is 5.75 Å². The minimum absolute atomic E-state index is 0.333. The zero-order valence-corrected chi connectivity index (χ0v) is 9.90. The molecular weight excluding hydrogens is 295 g/mol. The monoisotopic (exact) mass is 300 g/mol. The molecule has 0 spiro atoms. The van der Waals surface area contributed by atoms with E-state index in [9.17, 15) is 22.0 Å². The largest absolute Gasteiger partial charge is 0.573 e. The van der Waals surface area contributed by atoms with Crippen molar-refractivity contribution in [3.05, 3.63) is 23.0 Å². The standard InChI is InChI=1S/C10H6ClF5N2O/c11-4-7-8(19-10(14,15)16)5(1-2-17)3-6(18-7)9(12)13/h3,9H,1,4H2. The second-order valence-electron chi connectivity index (χ2n) is 3.30. The number of nitrogens with zero attached hydrogens (tertiary/aromatic N) is 2. The van der Waals surface area contributed by atoms with E-state index in [1.807, 2.05) is 0 Å². The predicted molar refractivity (Wildman–Crippen MR) is 54.8 cm³/mol. The lowest BCUT2D eigenvalue weighted by Gasteiger charge is -2.15. The van der Waals surface area contributed by atoms with Gasteiger partial charge in [-0.2, -0.15) is 5.26 Å². The second kappa shape index (κ2) is 6.02. The van der Waals surface area contributed by atoms with Crippen LogP contribution in [0.15, 0.2) is 6.07 Å². The molecule has 19 heavy (non-hydrogen) atoms. The average Bonchev–Trinajstić information content (AvgIpc) is 2.29. The summed E-state index contributed by atoms with van der Waals surface area (Å²) in [5, 5.41) is 8.51. The van der Waals surface area contributed by atoms with Crippen LogP contribution in [0.3, 0.4) is 0 Å². The zero-order chi connectivity index (χ0) is 14.6. The molecule has 1 aromatic rings. The Morgan fingerprint density at radius 1 is 1.42 bits per heavy atom. The number of ether oxygens (including phenoxy) is 1. The van der Waals surface area contributed by atoms with E-state index in [1.165, 1.54) is 0 Å². The molecule has 0 saturated carbocycles. The highest BCUT2D eigenvalue weighted by atomic mass is 35.5. The highest BCUT2D eigenvalue weighted by molar-refractivity contribution is 6.17. The zero-order valence-electron chi connectivity index (χ0n) is 9.14. The minimum atomic E-state index is -5.03. The molecule has 104 valence electrons. The molecule has 0 atom stereocenters. The molecule has 3 nitrogen and oxygen atoms in total. The number of aromatic nitrogens is 1. The van der Waals surface area contributed by atoms with Crippen LogP contribution in [0.5, 0.6) is 5.75 Å². The Bertz CT molecular complexity index is 498. The molecule has 1 aromatic heterocycles. The number of halogens is 6. The molecule has 0 aliphatic heterocycles. The van der Waals surface area contributed by atoms with E-state index in [2.05, 4.69) is 9.72 Å². The molecule has 1 heterocycles. The number of hydrogen-bond acceptors (Lipinski definition) is 3. The van der Waals surface area contributed by atoms with Crippen molar-refractivity contribution in [2.45, 2.75) is 25.1 Å². The first-order valence-corrected chi connectivity index (χ1v) is 5.31. The van der Waals surface area contributed by atoms with Crippen molar-refractivity contribution in [3.8, 4) is 11.8 Å². The Kier molecular flexibility index (Phi) is 4.89. The van der Waals surface area contributed by atoms with Gasteiger partial charge in [-0.15, -0.1) is 24.8 Å². The van der Waals surface area contributed by atoms with Crippen LogP contribution in [-0.4, -0.2) is 11.3 Å². The highest BCUT2D eigenvalue weighted by Crippen LogP contribution is 2.33. The van der Waals surface area contributed by atoms with Gasteiger partial charge in [-0.25, -0.2) is 13.8 Å². The first-order chi connectivity index (χ1) is 8.78. The lowest BCUT2D eigenvalue weighted by Crippen LogP contribution is -2.20. The SMILES string of the molecule is N#CCc1cc(C(F)F)nc(CCl)c1OC(F)(F)F. The molecule has 0 radical (unpaired) electrons. The molecule has 0 aromatic carbocycles. The molecule has 0 N–H and O–H groups in total. The van der Waals surface area contributed by atoms with Crippen LogP contribution in [0.4, 0.5) is 22.0 Å². The van der Waals surface area contributed by atoms with Crippen molar-refractivity contribution in [1.82, 2.24) is 4.98 Å². The Balaban J connectivity index is 3.36. The summed E-state index contributed by atoms with van der Waals surface area (Å²) in [6.07, 6.45) is -8.55. The van der Waals surface area contributed by atoms with Gasteiger partial charge in [0, 0.05) is 5.56 Å². The average molecular weight is 301 g/mol. The number of nitriles is 1. The van der Waals surface area contributed by atoms with Gasteiger partial charge in [0.25, 0.3) is 6.43 Å². The molecule has 0 bridgehead atoms. The normalized spacial score (nSPS) is 11.5. The summed E-state index contributed by atoms with van der Waals surface area (Å²) in [4.78, 5) is 3.30. The van der Waals surface area contributed by atoms with E-state index < -0.39 is 42.2 Å². The van der Waals surface area contributed by atoms with E-state index in [0.717, 1.165) is 0 Å². The van der Waals surface area contributed by atoms with Crippen molar-refractivity contribution >= 4 is 11.6 Å². The van der Waals surface area contributed by atoms with Crippen LogP contribution < -0.4 is 4.74 Å². The van der Waals surface area contributed by atoms with Gasteiger partial charge in [-0.1, -0.05) is 0 Å². The van der Waals surface area contributed by atoms with Gasteiger partial charge in [0.05, 0.1) is 24.1 Å². The summed E-state index contributed by atoms with van der Waals surface area (Å²) in [6.45, 7) is 0. The summed E-state index contributed by atoms with van der Waals surface area (Å²) in [6, 6.07) is 2.26. The number of rotatable bonds is 4. The summed E-state index contributed by atoms with van der Waals surface area (Å²) in [7, 11) is 0. The van der Waals surface area contributed by atoms with Gasteiger partial charge >= 0.3 is 6.36 Å². The minimum Gasteiger partial charge on any atom is -0.403 e. The maximum atomic E-state index is 12.5. The number of pyridine rings is 1. The van der Waals surface area contributed by atoms with Gasteiger partial charge in [-0.3, -0.25) is 0 Å². The predicted octanol–water partition coefficient (Wildman–Crippen LogP) is 3.72. The van der Waals surface area contributed by atoms with Crippen molar-refractivity contribution in [2.75, 3.05) is 0 Å². The first-order valence-electron chi connectivity index (χ1n) is 4.78. The fourth-order valence-corrected chi connectivity index (χ4v) is 1.51. The van der Waals surface area contributed by atoms with Crippen molar-refractivity contribution < 1.29 is 26.7 Å². The molecule has 0 aliphatic carbocycles. The molecule has 0 saturated heterocycles. The van der Waals surface area contributed by atoms with Gasteiger partial charge in [0.1, 0.15) is 5.69 Å². The van der Waals surface area contributed by atoms with Gasteiger partial charge < -0.3 is 4.74 Å². The third kappa shape index (κ3) is 4.21. The summed E-state index contributed by atoms with van der Waals surface area (Å²) < 4.78 is 65.4. The van der Waals surface area contributed by atoms with Crippen LogP contribution in [0, 0.1) is 11.3 Å². The topological polar surface area (TPSA) is 45.9 Å². The smallest absolute Gasteiger partial charge is 0.403 e. The molecule has 1 rings (SSSR count). The molecule has 0 unspecified atom stereocenters. The van der Waals surface area contributed by atoms with Crippen LogP contribution >= 0.6 is 11.6 Å². The van der Waals surface area contributed by atoms with E-state index in [0.29, 0.717) is 6.07 Å². The summed E-state index contributed by atoms with van der Waals surface area (Å²) in [5.74, 6) is -1.35. The van der Waals surface area contributed by atoms with E-state index in [1.54, 1.807) is 6.07 Å². The Morgan fingerprint density at radius 2 is 2.05 bits per heavy atom. The Morgan fingerprint density at radius 3 is 2.47 bits per heavy atom. The molecular formula is C10H6ClF5N2O. The first kappa shape index (κ1) is 15.4. The van der Waals surface area contributed by atoms with E-state index in [-0.39, 0.29) is 5.56 Å². The molecule has 0 fully saturated rings. The van der Waals surface area contributed by atoms with Gasteiger partial charge in [-0.05, 0) is 6.07 Å². The van der Waals surface area contributed by atoms with Crippen LogP contribution in [-0.2, 0) is 12.3 Å². The number of alkyl halides is 6. The van der Waals surface area contributed by atoms with Crippen LogP contribution in [0.25, 0.3) is 0 Å². The lowest BCUT2D eigenvalue weighted by molar-refractivity contribution is -0.275. The van der Waals surface area contributed by atoms with Crippen molar-refractivity contribution in [2.24, 2.45) is 0 Å². The third-order valence-electron chi connectivity index (χ3n) is 1.98. The van der Waals surface area contributed by atoms with Crippen molar-refractivity contribution in [3.63, 3.8) is 0 Å². The van der Waals surface area contributed by atoms with E-state index in [4.69, 9.17) is 16.9 Å². The van der Waals surface area contributed by atoms with Crippen LogP contribution in [0.2, 0.25) is 0 Å². The fourth-order valence-electron chi connectivity index (χ4n) is 1.33. The summed E-state index contributed by atoms with van der Waals surface area (Å²) in [5.41, 5.74) is -1.57. The van der Waals surface area contributed by atoms with Crippen molar-refractivity contribution in [1.29, 1.82) is 5.26 Å². The van der Waals surface area contributed by atoms with E-state index >= 15 is 0 Å². The lowest BCUT2D eigenvalue weighted by atomic mass is 10.1. The Hall–Kier alpha value is -1.62. The van der Waals surface area contributed by atoms with Crippen LogP contribution in [0.1, 0.15) is 23.4 Å². The maximum Gasteiger partial charge on any atom is 0.573 e. The van der Waals surface area contributed by atoms with Gasteiger partial charge in [0.2, 0.25) is 0 Å². The highest BCUT2D eigenvalue weighted by Gasteiger charge is 2.34. The summed E-state index contributed by atoms with van der Waals surface area (Å²) >= 11 is 5.37. The number of hydrogen-bond donors (Lipinski definition) is 0. The quantitative estimate of drug-likeness (QED) is 0.629. The molecule has 0 aliphatic rings. The maximum absolute atomic E-state index is 12.5. The molecule has 9 heteroatoms. The Labute approximate surface area is 109 Å². The molecule has 0 amide bonds. The second-order valence-corrected chi connectivity index (χ2v) is 3.57. The third-order valence-corrected chi connectivity index (χ3v) is 2.23. The fraction of sp³-hybridized carbons (Fsp3) is 0.400.